The van der Waals surface area contributed by atoms with Gasteiger partial charge in [-0.15, -0.1) is 23.5 Å². The van der Waals surface area contributed by atoms with Gasteiger partial charge in [0.1, 0.15) is 0 Å². The van der Waals surface area contributed by atoms with E-state index in [0.717, 1.165) is 12.8 Å². The van der Waals surface area contributed by atoms with Gasteiger partial charge in [-0.2, -0.15) is 0 Å². The van der Waals surface area contributed by atoms with Crippen LogP contribution in [-0.2, 0) is 0 Å². The fourth-order valence-corrected chi connectivity index (χ4v) is 6.22. The molecule has 0 bridgehead atoms. The van der Waals surface area contributed by atoms with Crippen LogP contribution >= 0.6 is 23.5 Å². The number of anilines is 1. The van der Waals surface area contributed by atoms with E-state index in [1.807, 2.05) is 23.5 Å². The van der Waals surface area contributed by atoms with Crippen molar-refractivity contribution < 1.29 is 17.4 Å². The molecule has 0 unspecified atom stereocenters. The number of benzene rings is 2. The molecule has 0 spiro atoms. The lowest BCUT2D eigenvalue weighted by Crippen LogP contribution is -3.00. The zero-order valence-corrected chi connectivity index (χ0v) is 20.3. The van der Waals surface area contributed by atoms with Crippen LogP contribution in [0.2, 0.25) is 0 Å². The molecule has 0 atom stereocenters. The Kier molecular flexibility index (Phi) is 7.11. The quantitative estimate of drug-likeness (QED) is 0.727. The molecular weight excluding hydrogens is 428 g/mol. The highest BCUT2D eigenvalue weighted by Crippen LogP contribution is 2.44. The van der Waals surface area contributed by atoms with E-state index in [2.05, 4.69) is 105 Å². The first-order valence-electron chi connectivity index (χ1n) is 10.1. The zero-order chi connectivity index (χ0) is 20.5. The second kappa shape index (κ2) is 9.25. The lowest BCUT2D eigenvalue weighted by molar-refractivity contribution is -0.357. The van der Waals surface area contributed by atoms with E-state index in [9.17, 15) is 0 Å². The summed E-state index contributed by atoms with van der Waals surface area (Å²) in [6.45, 7) is 9.27. The summed E-state index contributed by atoms with van der Waals surface area (Å²) in [6, 6.07) is 17.2. The molecule has 0 fully saturated rings. The van der Waals surface area contributed by atoms with Crippen molar-refractivity contribution >= 4 is 40.6 Å². The molecule has 2 aromatic carbocycles. The molecule has 0 saturated carbocycles. The second-order valence-corrected chi connectivity index (χ2v) is 12.4. The van der Waals surface area contributed by atoms with Crippen molar-refractivity contribution in [3.63, 3.8) is 0 Å². The van der Waals surface area contributed by atoms with Crippen molar-refractivity contribution in [2.24, 2.45) is 0 Å². The van der Waals surface area contributed by atoms with Gasteiger partial charge in [0.05, 0.1) is 10.6 Å². The fraction of sp³-hybridized carbons (Fsp3) is 0.320. The van der Waals surface area contributed by atoms with Crippen LogP contribution in [0.1, 0.15) is 40.5 Å². The molecule has 2 N–H and O–H groups in total. The first-order chi connectivity index (χ1) is 13.8. The average Bonchev–Trinajstić information content (AvgIpc) is 2.85. The van der Waals surface area contributed by atoms with Crippen LogP contribution in [0.4, 0.5) is 11.4 Å². The Balaban J connectivity index is 0.00000256. The number of hydrogen-bond donors (Lipinski definition) is 2. The fourth-order valence-electron chi connectivity index (χ4n) is 3.82. The normalized spacial score (nSPS) is 20.8. The minimum Gasteiger partial charge on any atom is -1.00 e. The van der Waals surface area contributed by atoms with E-state index in [4.69, 9.17) is 0 Å². The Morgan fingerprint density at radius 1 is 0.867 bits per heavy atom. The number of allylic oxidation sites excluding steroid dienone is 4. The van der Waals surface area contributed by atoms with Gasteiger partial charge in [0, 0.05) is 45.1 Å². The Morgan fingerprint density at radius 2 is 1.50 bits per heavy atom. The molecule has 0 amide bonds. The molecule has 158 valence electrons. The number of hydrogen-bond acceptors (Lipinski definition) is 3. The largest absolute Gasteiger partial charge is 1.00 e. The number of halogens is 1. The molecule has 0 saturated heterocycles. The average molecular weight is 457 g/mol. The van der Waals surface area contributed by atoms with E-state index in [1.165, 1.54) is 32.6 Å². The van der Waals surface area contributed by atoms with E-state index in [-0.39, 0.29) is 21.9 Å². The van der Waals surface area contributed by atoms with Gasteiger partial charge in [0.2, 0.25) is 5.69 Å². The van der Waals surface area contributed by atoms with Gasteiger partial charge in [-0.3, -0.25) is 0 Å². The van der Waals surface area contributed by atoms with Gasteiger partial charge in [-0.25, -0.2) is 4.99 Å². The third-order valence-electron chi connectivity index (χ3n) is 4.96. The molecule has 0 radical (unpaired) electrons. The van der Waals surface area contributed by atoms with Gasteiger partial charge < -0.3 is 17.7 Å². The van der Waals surface area contributed by atoms with Crippen molar-refractivity contribution in [2.75, 3.05) is 5.32 Å². The molecule has 2 heterocycles. The van der Waals surface area contributed by atoms with Gasteiger partial charge in [0.15, 0.2) is 5.71 Å². The topological polar surface area (TPSA) is 26.0 Å². The summed E-state index contributed by atoms with van der Waals surface area (Å²) in [4.78, 5) is 6.29. The first kappa shape index (κ1) is 23.1. The summed E-state index contributed by atoms with van der Waals surface area (Å²) in [7, 11) is 0. The third kappa shape index (κ3) is 5.75. The standard InChI is InChI=1S/C25H28N2S2.ClH/c1-24(2)16-18(26-20-12-5-7-14-22(20)28-24)10-9-11-19-17-25(3,4)29-23-15-8-6-13-21(23)27-19;/h5-15,26H,16-17H2,1-4H3;1H/b11-9+,18-10+;. The van der Waals surface area contributed by atoms with Crippen LogP contribution < -0.4 is 22.7 Å². The number of nitrogens with one attached hydrogen (secondary N) is 2. The molecule has 5 heteroatoms. The summed E-state index contributed by atoms with van der Waals surface area (Å²) in [5.74, 6) is 0. The number of rotatable bonds is 2. The highest BCUT2D eigenvalue weighted by molar-refractivity contribution is 8.01. The lowest BCUT2D eigenvalue weighted by atomic mass is 10.0. The highest BCUT2D eigenvalue weighted by atomic mass is 35.5. The van der Waals surface area contributed by atoms with Crippen LogP contribution in [0.25, 0.3) is 0 Å². The van der Waals surface area contributed by atoms with Crippen LogP contribution in [0.15, 0.2) is 82.2 Å². The molecule has 0 aliphatic carbocycles. The minimum absolute atomic E-state index is 0. The first-order valence-corrected chi connectivity index (χ1v) is 11.8. The van der Waals surface area contributed by atoms with Gasteiger partial charge in [-0.1, -0.05) is 30.3 Å². The second-order valence-electron chi connectivity index (χ2n) is 8.90. The molecule has 2 nitrogen and oxygen atoms in total. The Morgan fingerprint density at radius 3 is 2.30 bits per heavy atom. The van der Waals surface area contributed by atoms with Gasteiger partial charge >= 0.3 is 0 Å². The van der Waals surface area contributed by atoms with Gasteiger partial charge in [-0.05, 0) is 52.0 Å². The van der Waals surface area contributed by atoms with Crippen LogP contribution in [0.3, 0.4) is 0 Å². The summed E-state index contributed by atoms with van der Waals surface area (Å²) in [5, 5.41) is 3.65. The van der Waals surface area contributed by atoms with Crippen molar-refractivity contribution in [3.05, 3.63) is 72.5 Å². The number of thioether (sulfide) groups is 2. The molecule has 2 aliphatic heterocycles. The van der Waals surface area contributed by atoms with Crippen LogP contribution in [-0.4, -0.2) is 15.2 Å². The maximum absolute atomic E-state index is 3.65. The number of para-hydroxylation sites is 2. The SMILES string of the molecule is CC1(C)C/C(=C\C=C\C2=[NH+]c3ccccc3SC(C)(C)C2)Nc2ccccc2S1.[Cl-]. The maximum Gasteiger partial charge on any atom is 0.217 e. The van der Waals surface area contributed by atoms with E-state index >= 15 is 0 Å². The maximum atomic E-state index is 3.65. The monoisotopic (exact) mass is 456 g/mol. The van der Waals surface area contributed by atoms with E-state index in [0.29, 0.717) is 0 Å². The Bertz CT molecular complexity index is 1010. The molecule has 4 rings (SSSR count). The molecule has 0 aromatic heterocycles. The molecule has 30 heavy (non-hydrogen) atoms. The Labute approximate surface area is 195 Å². The molecule has 2 aromatic rings. The third-order valence-corrected chi connectivity index (χ3v) is 7.51. The molecular formula is C25H29ClN2S2. The summed E-state index contributed by atoms with van der Waals surface area (Å²) >= 11 is 3.89. The predicted molar refractivity (Wildman–Crippen MR) is 128 cm³/mol. The smallest absolute Gasteiger partial charge is 0.217 e. The number of fused-ring (bicyclic) bond motifs is 2. The van der Waals surface area contributed by atoms with Crippen molar-refractivity contribution in [2.45, 2.75) is 59.8 Å². The van der Waals surface area contributed by atoms with Gasteiger partial charge in [0.25, 0.3) is 0 Å². The Hall–Kier alpha value is -1.62. The van der Waals surface area contributed by atoms with Crippen LogP contribution in [0, 0.1) is 0 Å². The lowest BCUT2D eigenvalue weighted by Gasteiger charge is -2.21. The minimum atomic E-state index is 0. The van der Waals surface area contributed by atoms with E-state index < -0.39 is 0 Å². The summed E-state index contributed by atoms with van der Waals surface area (Å²) in [5.41, 5.74) is 4.92. The summed E-state index contributed by atoms with van der Waals surface area (Å²) < 4.78 is 0.315. The zero-order valence-electron chi connectivity index (χ0n) is 18.0. The predicted octanol–water partition coefficient (Wildman–Crippen LogP) is 2.94. The van der Waals surface area contributed by atoms with Crippen LogP contribution in [0.5, 0.6) is 0 Å². The van der Waals surface area contributed by atoms with E-state index in [1.54, 1.807) is 0 Å². The highest BCUT2D eigenvalue weighted by Gasteiger charge is 2.29. The van der Waals surface area contributed by atoms with Crippen molar-refractivity contribution in [1.82, 2.24) is 0 Å². The van der Waals surface area contributed by atoms with Crippen molar-refractivity contribution in [1.29, 1.82) is 0 Å². The summed E-state index contributed by atoms with van der Waals surface area (Å²) in [6.07, 6.45) is 8.66. The molecule has 2 aliphatic rings. The van der Waals surface area contributed by atoms with Crippen molar-refractivity contribution in [3.8, 4) is 0 Å².